The fourth-order valence-corrected chi connectivity index (χ4v) is 9.05. The van der Waals surface area contributed by atoms with Crippen LogP contribution >= 0.6 is 0 Å². The normalized spacial score (nSPS) is 19.6. The van der Waals surface area contributed by atoms with E-state index in [9.17, 15) is 0 Å². The van der Waals surface area contributed by atoms with Crippen LogP contribution in [0.4, 0.5) is 0 Å². The van der Waals surface area contributed by atoms with Crippen molar-refractivity contribution in [1.29, 1.82) is 0 Å². The van der Waals surface area contributed by atoms with E-state index in [1.54, 1.807) is 0 Å². The van der Waals surface area contributed by atoms with Gasteiger partial charge in [0.25, 0.3) is 0 Å². The van der Waals surface area contributed by atoms with E-state index in [1.165, 1.54) is 72.0 Å². The van der Waals surface area contributed by atoms with Crippen LogP contribution in [0.1, 0.15) is 77.5 Å². The lowest BCUT2D eigenvalue weighted by molar-refractivity contribution is 0.409. The Morgan fingerprint density at radius 2 is 1.29 bits per heavy atom. The molecule has 0 spiro atoms. The van der Waals surface area contributed by atoms with Crippen molar-refractivity contribution in [3.63, 3.8) is 0 Å². The molecule has 7 aromatic carbocycles. The Hall–Kier alpha value is -6.29. The molecule has 1 heterocycles. The number of nitrogens with zero attached hydrogens (tertiary/aromatic N) is 1. The van der Waals surface area contributed by atoms with Crippen molar-refractivity contribution in [2.75, 3.05) is 0 Å². The second-order valence-corrected chi connectivity index (χ2v) is 15.6. The lowest BCUT2D eigenvalue weighted by Gasteiger charge is -2.32. The molecule has 0 amide bonds. The molecule has 55 heavy (non-hydrogen) atoms. The first-order valence-electron chi connectivity index (χ1n) is 19.5. The highest BCUT2D eigenvalue weighted by atomic mass is 15.3. The number of hydrogen-bond donors (Lipinski definition) is 2. The zero-order chi connectivity index (χ0) is 36.9. The van der Waals surface area contributed by atoms with E-state index >= 15 is 0 Å². The number of rotatable bonds is 6. The number of aliphatic imine (C=N–C) groups is 1. The van der Waals surface area contributed by atoms with E-state index in [2.05, 4.69) is 200 Å². The summed E-state index contributed by atoms with van der Waals surface area (Å²) in [5.74, 6) is 1.20. The molecule has 10 rings (SSSR count). The van der Waals surface area contributed by atoms with Gasteiger partial charge >= 0.3 is 0 Å². The summed E-state index contributed by atoms with van der Waals surface area (Å²) >= 11 is 0. The van der Waals surface area contributed by atoms with E-state index in [4.69, 9.17) is 4.99 Å². The molecule has 0 bridgehead atoms. The van der Waals surface area contributed by atoms with Crippen molar-refractivity contribution in [2.45, 2.75) is 43.9 Å². The Morgan fingerprint density at radius 3 is 2.05 bits per heavy atom. The third kappa shape index (κ3) is 5.92. The minimum absolute atomic E-state index is 0.0589. The standard InChI is InChI=1S/C52H43N3/c1-52(2)46-33-40(29-30-44(46)47-45(36-15-6-3-7-16-36)32-41-21-12-13-24-43(41)48(47)52)35-27-25-34(26-28-35)39-22-14-23-42(31-39)51-54-49(37-17-8-4-9-18-37)53-50(55-51)38-19-10-5-11-20-38/h3-25,27-34,49,51,54H,26H2,1-2H3,(H,53,55). The van der Waals surface area contributed by atoms with Crippen LogP contribution in [0.5, 0.6) is 0 Å². The Morgan fingerprint density at radius 1 is 0.600 bits per heavy atom. The molecular weight excluding hydrogens is 667 g/mol. The van der Waals surface area contributed by atoms with Crippen LogP contribution in [-0.2, 0) is 5.41 Å². The third-order valence-corrected chi connectivity index (χ3v) is 11.9. The summed E-state index contributed by atoms with van der Waals surface area (Å²) in [6, 6.07) is 59.3. The minimum Gasteiger partial charge on any atom is -0.350 e. The lowest BCUT2D eigenvalue weighted by Crippen LogP contribution is -2.44. The average Bonchev–Trinajstić information content (AvgIpc) is 3.50. The number of hydrogen-bond acceptors (Lipinski definition) is 3. The van der Waals surface area contributed by atoms with E-state index < -0.39 is 0 Å². The van der Waals surface area contributed by atoms with Gasteiger partial charge in [0.15, 0.2) is 0 Å². The van der Waals surface area contributed by atoms with Gasteiger partial charge < -0.3 is 5.32 Å². The van der Waals surface area contributed by atoms with Gasteiger partial charge in [0.2, 0.25) is 0 Å². The van der Waals surface area contributed by atoms with Crippen molar-refractivity contribution in [3.8, 4) is 22.3 Å². The molecule has 2 N–H and O–H groups in total. The first kappa shape index (κ1) is 33.3. The van der Waals surface area contributed by atoms with Crippen LogP contribution in [0.2, 0.25) is 0 Å². The van der Waals surface area contributed by atoms with Crippen molar-refractivity contribution in [2.24, 2.45) is 4.99 Å². The highest BCUT2D eigenvalue weighted by molar-refractivity contribution is 6.05. The van der Waals surface area contributed by atoms with Crippen LogP contribution in [0.3, 0.4) is 0 Å². The van der Waals surface area contributed by atoms with Crippen LogP contribution in [-0.4, -0.2) is 5.84 Å². The molecule has 3 heteroatoms. The smallest absolute Gasteiger partial charge is 0.131 e. The monoisotopic (exact) mass is 709 g/mol. The van der Waals surface area contributed by atoms with Gasteiger partial charge in [-0.1, -0.05) is 184 Å². The second-order valence-electron chi connectivity index (χ2n) is 15.6. The summed E-state index contributed by atoms with van der Waals surface area (Å²) in [5, 5.41) is 10.1. The molecule has 3 unspecified atom stereocenters. The fourth-order valence-electron chi connectivity index (χ4n) is 9.05. The quantitative estimate of drug-likeness (QED) is 0.180. The molecule has 0 aromatic heterocycles. The van der Waals surface area contributed by atoms with Gasteiger partial charge in [-0.05, 0) is 90.5 Å². The van der Waals surface area contributed by atoms with Crippen LogP contribution in [0, 0.1) is 0 Å². The van der Waals surface area contributed by atoms with E-state index in [0.29, 0.717) is 5.92 Å². The Balaban J connectivity index is 0.946. The molecular formula is C52H43N3. The average molecular weight is 710 g/mol. The molecule has 3 aliphatic rings. The molecule has 3 nitrogen and oxygen atoms in total. The number of fused-ring (bicyclic) bond motifs is 5. The highest BCUT2D eigenvalue weighted by Gasteiger charge is 2.39. The summed E-state index contributed by atoms with van der Waals surface area (Å²) in [7, 11) is 0. The SMILES string of the molecule is CC1(C)c2cc(C3=CCC(c4cccc(C5N=C(c6ccccc6)NC(c6ccccc6)N5)c4)C=C3)ccc2-c2c(-c3ccccc3)cc3ccccc3c21. The number of benzene rings is 7. The summed E-state index contributed by atoms with van der Waals surface area (Å²) < 4.78 is 0. The van der Waals surface area contributed by atoms with Crippen molar-refractivity contribution >= 4 is 22.2 Å². The van der Waals surface area contributed by atoms with E-state index in [1.807, 2.05) is 6.07 Å². The Bertz CT molecular complexity index is 2650. The zero-order valence-electron chi connectivity index (χ0n) is 31.2. The summed E-state index contributed by atoms with van der Waals surface area (Å²) in [6.07, 6.45) is 7.87. The van der Waals surface area contributed by atoms with Crippen LogP contribution in [0.25, 0.3) is 38.6 Å². The third-order valence-electron chi connectivity index (χ3n) is 11.9. The zero-order valence-corrected chi connectivity index (χ0v) is 31.2. The largest absolute Gasteiger partial charge is 0.350 e. The van der Waals surface area contributed by atoms with Crippen molar-refractivity contribution in [1.82, 2.24) is 10.6 Å². The van der Waals surface area contributed by atoms with Crippen molar-refractivity contribution in [3.05, 3.63) is 221 Å². The minimum atomic E-state index is -0.182. The molecule has 2 aliphatic carbocycles. The maximum absolute atomic E-state index is 5.19. The predicted octanol–water partition coefficient (Wildman–Crippen LogP) is 12.3. The number of amidine groups is 1. The number of nitrogens with one attached hydrogen (secondary N) is 2. The summed E-state index contributed by atoms with van der Waals surface area (Å²) in [6.45, 7) is 4.81. The fraction of sp³-hybridized carbons (Fsp3) is 0.135. The van der Waals surface area contributed by atoms with Crippen LogP contribution in [0.15, 0.2) is 187 Å². The van der Waals surface area contributed by atoms with Crippen molar-refractivity contribution < 1.29 is 0 Å². The van der Waals surface area contributed by atoms with Gasteiger partial charge in [-0.25, -0.2) is 4.99 Å². The molecule has 0 radical (unpaired) electrons. The first-order chi connectivity index (χ1) is 27.0. The van der Waals surface area contributed by atoms with E-state index in [-0.39, 0.29) is 17.7 Å². The molecule has 3 atom stereocenters. The molecule has 0 fully saturated rings. The number of allylic oxidation sites excluding steroid dienone is 4. The van der Waals surface area contributed by atoms with Gasteiger partial charge in [0.1, 0.15) is 18.2 Å². The summed E-state index contributed by atoms with van der Waals surface area (Å²) in [4.78, 5) is 5.19. The molecule has 7 aromatic rings. The molecule has 1 aliphatic heterocycles. The highest BCUT2D eigenvalue weighted by Crippen LogP contribution is 2.55. The summed E-state index contributed by atoms with van der Waals surface area (Å²) in [5.41, 5.74) is 15.3. The molecule has 0 saturated carbocycles. The molecule has 266 valence electrons. The predicted molar refractivity (Wildman–Crippen MR) is 229 cm³/mol. The van der Waals surface area contributed by atoms with E-state index in [0.717, 1.165) is 17.8 Å². The van der Waals surface area contributed by atoms with Crippen LogP contribution < -0.4 is 10.6 Å². The second kappa shape index (κ2) is 13.5. The maximum atomic E-state index is 5.19. The molecule has 0 saturated heterocycles. The van der Waals surface area contributed by atoms with Gasteiger partial charge in [0, 0.05) is 16.9 Å². The first-order valence-corrected chi connectivity index (χ1v) is 19.5. The Kier molecular flexibility index (Phi) is 8.19. The topological polar surface area (TPSA) is 36.4 Å². The lowest BCUT2D eigenvalue weighted by atomic mass is 9.78. The van der Waals surface area contributed by atoms with Gasteiger partial charge in [-0.2, -0.15) is 0 Å². The van der Waals surface area contributed by atoms with Gasteiger partial charge in [-0.15, -0.1) is 0 Å². The van der Waals surface area contributed by atoms with Gasteiger partial charge in [-0.3, -0.25) is 5.32 Å². The Labute approximate surface area is 323 Å². The van der Waals surface area contributed by atoms with Gasteiger partial charge in [0.05, 0.1) is 0 Å². The maximum Gasteiger partial charge on any atom is 0.131 e.